The lowest BCUT2D eigenvalue weighted by Crippen LogP contribution is -2.71. The summed E-state index contributed by atoms with van der Waals surface area (Å²) in [5, 5.41) is 16.3. The second-order valence-electron chi connectivity index (χ2n) is 6.82. The molecule has 1 aromatic heterocycles. The zero-order valence-corrected chi connectivity index (χ0v) is 18.9. The molecule has 13 nitrogen and oxygen atoms in total. The molecule has 1 aromatic rings. The molecule has 178 valence electrons. The molecule has 0 spiro atoms. The van der Waals surface area contributed by atoms with Gasteiger partial charge in [-0.15, -0.1) is 23.1 Å². The number of carboxylic acids is 1. The van der Waals surface area contributed by atoms with Gasteiger partial charge in [-0.2, -0.15) is 0 Å². The minimum atomic E-state index is -1.37. The standard InChI is InChI=1S/C17H19FN6O7S2/c1-23(2)17(29)30-3-7-4-32-14-10(13(26)24(14)11(7)15(27)28)21-12(25)9(22-31-6-18)8-5-33-16(19)20-8/h5,10,14H,3-4,6H2,1-2H3,(H2,19,20)(H,21,25)(H,27,28)/t10?,14-/m0/s1. The first kappa shape index (κ1) is 24.2. The van der Waals surface area contributed by atoms with Crippen molar-refractivity contribution in [3.63, 3.8) is 0 Å². The number of aliphatic carboxylic acids is 1. The lowest BCUT2D eigenvalue weighted by molar-refractivity contribution is -0.150. The van der Waals surface area contributed by atoms with Crippen molar-refractivity contribution in [2.75, 3.05) is 39.0 Å². The van der Waals surface area contributed by atoms with E-state index in [1.807, 2.05) is 0 Å². The van der Waals surface area contributed by atoms with E-state index in [0.717, 1.165) is 16.2 Å². The van der Waals surface area contributed by atoms with Crippen molar-refractivity contribution in [2.45, 2.75) is 11.4 Å². The molecule has 0 aliphatic carbocycles. The number of aromatic nitrogens is 1. The van der Waals surface area contributed by atoms with Crippen LogP contribution in [0.2, 0.25) is 0 Å². The lowest BCUT2D eigenvalue weighted by Gasteiger charge is -2.49. The van der Waals surface area contributed by atoms with Gasteiger partial charge in [-0.25, -0.2) is 19.0 Å². The average molecular weight is 503 g/mol. The topological polar surface area (TPSA) is 177 Å². The molecule has 2 aliphatic rings. The van der Waals surface area contributed by atoms with Gasteiger partial charge in [0.25, 0.3) is 18.7 Å². The van der Waals surface area contributed by atoms with Crippen LogP contribution in [0, 0.1) is 0 Å². The average Bonchev–Trinajstić information content (AvgIpc) is 3.20. The third kappa shape index (κ3) is 5.00. The van der Waals surface area contributed by atoms with Gasteiger partial charge in [-0.1, -0.05) is 5.16 Å². The van der Waals surface area contributed by atoms with Gasteiger partial charge in [0, 0.05) is 30.8 Å². The van der Waals surface area contributed by atoms with Crippen LogP contribution in [0.4, 0.5) is 14.3 Å². The minimum absolute atomic E-state index is 0.0273. The van der Waals surface area contributed by atoms with Crippen LogP contribution in [0.1, 0.15) is 5.69 Å². The Morgan fingerprint density at radius 1 is 1.45 bits per heavy atom. The summed E-state index contributed by atoms with van der Waals surface area (Å²) < 4.78 is 17.5. The van der Waals surface area contributed by atoms with Crippen LogP contribution in [0.5, 0.6) is 0 Å². The molecule has 2 aliphatic heterocycles. The summed E-state index contributed by atoms with van der Waals surface area (Å²) in [6.07, 6.45) is -0.663. The van der Waals surface area contributed by atoms with Crippen LogP contribution >= 0.6 is 23.1 Å². The number of β-lactam (4-membered cyclic amide) rings is 1. The lowest BCUT2D eigenvalue weighted by atomic mass is 10.0. The van der Waals surface area contributed by atoms with Gasteiger partial charge in [0.05, 0.1) is 0 Å². The van der Waals surface area contributed by atoms with E-state index in [0.29, 0.717) is 0 Å². The maximum Gasteiger partial charge on any atom is 0.409 e. The Morgan fingerprint density at radius 3 is 2.76 bits per heavy atom. The van der Waals surface area contributed by atoms with E-state index in [9.17, 15) is 28.7 Å². The summed E-state index contributed by atoms with van der Waals surface area (Å²) in [6, 6.07) is -1.07. The Morgan fingerprint density at radius 2 is 2.18 bits per heavy atom. The molecule has 3 amide bonds. The summed E-state index contributed by atoms with van der Waals surface area (Å²) in [6.45, 7) is -1.60. The number of ether oxygens (including phenoxy) is 1. The molecule has 1 saturated heterocycles. The van der Waals surface area contributed by atoms with Crippen molar-refractivity contribution in [1.82, 2.24) is 20.1 Å². The second-order valence-corrected chi connectivity index (χ2v) is 8.81. The first-order valence-electron chi connectivity index (χ1n) is 9.18. The van der Waals surface area contributed by atoms with Crippen molar-refractivity contribution >= 4 is 57.8 Å². The van der Waals surface area contributed by atoms with Crippen molar-refractivity contribution in [2.24, 2.45) is 5.16 Å². The molecule has 0 saturated carbocycles. The smallest absolute Gasteiger partial charge is 0.409 e. The molecule has 4 N–H and O–H groups in total. The first-order valence-corrected chi connectivity index (χ1v) is 11.1. The summed E-state index contributed by atoms with van der Waals surface area (Å²) in [4.78, 5) is 59.4. The Kier molecular flexibility index (Phi) is 7.37. The van der Waals surface area contributed by atoms with Gasteiger partial charge in [0.1, 0.15) is 29.4 Å². The fourth-order valence-corrected chi connectivity index (χ4v) is 4.85. The molecule has 16 heteroatoms. The molecule has 0 aromatic carbocycles. The summed E-state index contributed by atoms with van der Waals surface area (Å²) in [5.74, 6) is -2.78. The molecule has 3 rings (SSSR count). The molecule has 1 unspecified atom stereocenters. The number of hydrogen-bond acceptors (Lipinski definition) is 11. The largest absolute Gasteiger partial charge is 0.477 e. The highest BCUT2D eigenvalue weighted by Gasteiger charge is 2.54. The van der Waals surface area contributed by atoms with Crippen molar-refractivity contribution in [1.29, 1.82) is 0 Å². The van der Waals surface area contributed by atoms with Gasteiger partial charge in [0.15, 0.2) is 10.8 Å². The fraction of sp³-hybridized carbons (Fsp3) is 0.412. The Labute approximate surface area is 194 Å². The number of fused-ring (bicyclic) bond motifs is 1. The monoisotopic (exact) mass is 502 g/mol. The third-order valence-corrected chi connectivity index (χ3v) is 6.47. The second kappa shape index (κ2) is 10.0. The fourth-order valence-electron chi connectivity index (χ4n) is 2.97. The van der Waals surface area contributed by atoms with Crippen molar-refractivity contribution in [3.8, 4) is 0 Å². The number of oxime groups is 1. The number of nitrogens with two attached hydrogens (primary N) is 1. The molecule has 3 heterocycles. The van der Waals surface area contributed by atoms with Crippen LogP contribution in [-0.2, 0) is 24.0 Å². The predicted molar refractivity (Wildman–Crippen MR) is 115 cm³/mol. The van der Waals surface area contributed by atoms with Gasteiger partial charge < -0.3 is 30.6 Å². The number of halogens is 1. The highest BCUT2D eigenvalue weighted by Crippen LogP contribution is 2.40. The van der Waals surface area contributed by atoms with E-state index in [-0.39, 0.29) is 34.5 Å². The normalized spacial score (nSPS) is 20.0. The molecular formula is C17H19FN6O7S2. The number of thiazole rings is 1. The van der Waals surface area contributed by atoms with E-state index < -0.39 is 47.9 Å². The number of carbonyl (C=O) groups is 4. The summed E-state index contributed by atoms with van der Waals surface area (Å²) in [7, 11) is 2.95. The maximum absolute atomic E-state index is 12.7. The number of rotatable bonds is 8. The van der Waals surface area contributed by atoms with Crippen LogP contribution in [-0.4, -0.2) is 94.2 Å². The SMILES string of the molecule is CN(C)C(=O)OCC1=C(C(=O)O)N2C(=O)C(NC(=O)C(=NOCF)c3csc(N)n3)[C@@H]2SC1. The first-order chi connectivity index (χ1) is 15.6. The molecule has 1 fully saturated rings. The van der Waals surface area contributed by atoms with E-state index in [4.69, 9.17) is 10.5 Å². The van der Waals surface area contributed by atoms with Gasteiger partial charge in [-0.05, 0) is 0 Å². The van der Waals surface area contributed by atoms with Gasteiger partial charge >= 0.3 is 12.1 Å². The van der Waals surface area contributed by atoms with E-state index in [1.54, 1.807) is 0 Å². The number of carbonyl (C=O) groups excluding carboxylic acids is 3. The highest BCUT2D eigenvalue weighted by atomic mass is 32.2. The Hall–Kier alpha value is -3.40. The number of hydrogen-bond donors (Lipinski definition) is 3. The zero-order chi connectivity index (χ0) is 24.3. The number of anilines is 1. The molecule has 33 heavy (non-hydrogen) atoms. The molecule has 0 radical (unpaired) electrons. The molecule has 0 bridgehead atoms. The van der Waals surface area contributed by atoms with Crippen LogP contribution in [0.15, 0.2) is 21.8 Å². The van der Waals surface area contributed by atoms with E-state index in [2.05, 4.69) is 20.3 Å². The summed E-state index contributed by atoms with van der Waals surface area (Å²) in [5.41, 5.74) is 5.13. The number of nitrogens with zero attached hydrogens (tertiary/aromatic N) is 4. The predicted octanol–water partition coefficient (Wildman–Crippen LogP) is -0.190. The third-order valence-electron chi connectivity index (χ3n) is 4.46. The van der Waals surface area contributed by atoms with Crippen molar-refractivity contribution < 1.29 is 38.2 Å². The zero-order valence-electron chi connectivity index (χ0n) is 17.3. The van der Waals surface area contributed by atoms with Crippen molar-refractivity contribution in [3.05, 3.63) is 22.3 Å². The highest BCUT2D eigenvalue weighted by molar-refractivity contribution is 8.00. The number of carboxylic acid groups (broad SMARTS) is 1. The quantitative estimate of drug-likeness (QED) is 0.245. The minimum Gasteiger partial charge on any atom is -0.477 e. The number of amides is 3. The summed E-state index contributed by atoms with van der Waals surface area (Å²) >= 11 is 2.21. The number of nitrogen functional groups attached to an aromatic ring is 1. The van der Waals surface area contributed by atoms with Gasteiger partial charge in [0.2, 0.25) is 0 Å². The number of thioether (sulfide) groups is 1. The van der Waals surface area contributed by atoms with Gasteiger partial charge in [-0.3, -0.25) is 14.5 Å². The van der Waals surface area contributed by atoms with Crippen LogP contribution in [0.3, 0.4) is 0 Å². The van der Waals surface area contributed by atoms with E-state index >= 15 is 0 Å². The van der Waals surface area contributed by atoms with E-state index in [1.165, 1.54) is 36.1 Å². The molecular weight excluding hydrogens is 483 g/mol. The maximum atomic E-state index is 12.7. The van der Waals surface area contributed by atoms with Crippen LogP contribution < -0.4 is 11.1 Å². The Bertz CT molecular complexity index is 1040. The number of nitrogens with one attached hydrogen (secondary N) is 1. The Balaban J connectivity index is 1.76. The van der Waals surface area contributed by atoms with Crippen LogP contribution in [0.25, 0.3) is 0 Å². The number of alkyl halides is 1. The molecule has 2 atom stereocenters.